The second-order valence-corrected chi connectivity index (χ2v) is 14.6. The van der Waals surface area contributed by atoms with Crippen LogP contribution in [0.25, 0.3) is 11.1 Å². The first-order valence-corrected chi connectivity index (χ1v) is 17.7. The van der Waals surface area contributed by atoms with E-state index < -0.39 is 39.8 Å². The molecule has 4 nitrogen and oxygen atoms in total. The molecule has 0 amide bonds. The van der Waals surface area contributed by atoms with Gasteiger partial charge in [-0.1, -0.05) is 18.9 Å². The van der Waals surface area contributed by atoms with Crippen molar-refractivity contribution in [2.75, 3.05) is 24.6 Å². The van der Waals surface area contributed by atoms with E-state index in [1.807, 2.05) is 6.07 Å². The van der Waals surface area contributed by atoms with E-state index in [4.69, 9.17) is 0 Å². The highest BCUT2D eigenvalue weighted by molar-refractivity contribution is 7.91. The summed E-state index contributed by atoms with van der Waals surface area (Å²) in [5.41, 5.74) is 4.50. The maximum Gasteiger partial charge on any atom is 0.389 e. The number of aromatic hydroxyl groups is 1. The smallest absolute Gasteiger partial charge is 0.389 e. The molecule has 10 heteroatoms. The summed E-state index contributed by atoms with van der Waals surface area (Å²) in [5.74, 6) is -1.41. The van der Waals surface area contributed by atoms with Crippen LogP contribution < -0.4 is 0 Å². The quantitative estimate of drug-likeness (QED) is 0.156. The summed E-state index contributed by atoms with van der Waals surface area (Å²) < 4.78 is 89.9. The lowest BCUT2D eigenvalue weighted by atomic mass is 9.88. The lowest BCUT2D eigenvalue weighted by molar-refractivity contribution is -0.134. The molecule has 1 atom stereocenters. The van der Waals surface area contributed by atoms with Gasteiger partial charge < -0.3 is 10.0 Å². The van der Waals surface area contributed by atoms with Crippen LogP contribution in [-0.4, -0.2) is 55.2 Å². The molecule has 4 rings (SSSR count). The fourth-order valence-electron chi connectivity index (χ4n) is 6.79. The number of fused-ring (bicyclic) bond motifs is 1. The van der Waals surface area contributed by atoms with E-state index in [1.165, 1.54) is 12.1 Å². The van der Waals surface area contributed by atoms with Crippen molar-refractivity contribution in [1.82, 2.24) is 4.90 Å². The van der Waals surface area contributed by atoms with E-state index in [-0.39, 0.29) is 17.9 Å². The third-order valence-electron chi connectivity index (χ3n) is 8.94. The number of likely N-dealkylation sites (tertiary alicyclic amines) is 1. The minimum atomic E-state index is -4.32. The minimum Gasteiger partial charge on any atom is -0.508 e. The van der Waals surface area contributed by atoms with Crippen LogP contribution >= 0.6 is 0 Å². The van der Waals surface area contributed by atoms with Crippen LogP contribution in [0.15, 0.2) is 36.4 Å². The van der Waals surface area contributed by atoms with Crippen LogP contribution in [0.5, 0.6) is 5.75 Å². The highest BCUT2D eigenvalue weighted by Crippen LogP contribution is 2.40. The predicted octanol–water partition coefficient (Wildman–Crippen LogP) is 8.87. The van der Waals surface area contributed by atoms with Crippen LogP contribution in [0.3, 0.4) is 0 Å². The number of halogens is 5. The van der Waals surface area contributed by atoms with E-state index in [0.717, 1.165) is 106 Å². The topological polar surface area (TPSA) is 57.6 Å². The van der Waals surface area contributed by atoms with Crippen molar-refractivity contribution in [3.05, 3.63) is 64.7 Å². The first kappa shape index (κ1) is 34.4. The molecular weight excluding hydrogens is 597 g/mol. The maximum absolute atomic E-state index is 14.9. The Morgan fingerprint density at radius 2 is 1.61 bits per heavy atom. The van der Waals surface area contributed by atoms with Crippen LogP contribution in [-0.2, 0) is 16.3 Å². The van der Waals surface area contributed by atoms with Gasteiger partial charge in [0.2, 0.25) is 0 Å². The van der Waals surface area contributed by atoms with Gasteiger partial charge in [-0.3, -0.25) is 0 Å². The molecule has 1 N–H and O–H groups in total. The monoisotopic (exact) mass is 641 g/mol. The van der Waals surface area contributed by atoms with Gasteiger partial charge in [-0.2, -0.15) is 13.2 Å². The molecule has 1 aliphatic carbocycles. The Bertz CT molecular complexity index is 1390. The number of sulfone groups is 1. The van der Waals surface area contributed by atoms with Gasteiger partial charge in [0, 0.05) is 24.1 Å². The Morgan fingerprint density at radius 1 is 0.864 bits per heavy atom. The summed E-state index contributed by atoms with van der Waals surface area (Å²) in [6.07, 6.45) is 4.49. The average molecular weight is 642 g/mol. The summed E-state index contributed by atoms with van der Waals surface area (Å²) in [7, 11) is -3.47. The molecule has 1 saturated heterocycles. The zero-order valence-corrected chi connectivity index (χ0v) is 26.1. The number of nitrogens with zero attached hydrogens (tertiary/aromatic N) is 1. The van der Waals surface area contributed by atoms with E-state index >= 15 is 0 Å². The molecule has 0 unspecified atom stereocenters. The van der Waals surface area contributed by atoms with Gasteiger partial charge in [-0.15, -0.1) is 0 Å². The molecule has 2 aromatic carbocycles. The molecule has 0 spiro atoms. The van der Waals surface area contributed by atoms with E-state index in [2.05, 4.69) is 4.90 Å². The lowest BCUT2D eigenvalue weighted by Crippen LogP contribution is -2.30. The average Bonchev–Trinajstić information content (AvgIpc) is 3.30. The first-order valence-electron chi connectivity index (χ1n) is 15.9. The number of alkyl halides is 3. The third-order valence-corrected chi connectivity index (χ3v) is 10.8. The first-order chi connectivity index (χ1) is 20.9. The number of benzene rings is 2. The second-order valence-electron chi connectivity index (χ2n) is 12.3. The van der Waals surface area contributed by atoms with E-state index in [0.29, 0.717) is 24.4 Å². The van der Waals surface area contributed by atoms with Gasteiger partial charge in [0.05, 0.1) is 11.5 Å². The minimum absolute atomic E-state index is 0.0579. The number of aryl methyl sites for hydroxylation is 1. The number of phenolic OH excluding ortho intramolecular Hbond substituents is 1. The van der Waals surface area contributed by atoms with Gasteiger partial charge in [-0.05, 0) is 130 Å². The fourth-order valence-corrected chi connectivity index (χ4v) is 8.18. The molecule has 244 valence electrons. The predicted molar refractivity (Wildman–Crippen MR) is 165 cm³/mol. The van der Waals surface area contributed by atoms with Crippen molar-refractivity contribution < 1.29 is 35.5 Å². The number of phenols is 1. The molecule has 0 radical (unpaired) electrons. The lowest BCUT2D eigenvalue weighted by Gasteiger charge is -2.24. The van der Waals surface area contributed by atoms with Crippen LogP contribution in [0.2, 0.25) is 0 Å². The van der Waals surface area contributed by atoms with Gasteiger partial charge in [0.1, 0.15) is 27.2 Å². The SMILES string of the molecule is O=S(=O)(CCC[C@H]1CCCN1CCCCCCC1=C(c2ccc(F)cc2F)CCCc2cc(O)ccc21)CCCC(F)(F)F. The van der Waals surface area contributed by atoms with Crippen LogP contribution in [0, 0.1) is 11.6 Å². The highest BCUT2D eigenvalue weighted by atomic mass is 32.2. The number of rotatable bonds is 15. The summed E-state index contributed by atoms with van der Waals surface area (Å²) >= 11 is 0. The van der Waals surface area contributed by atoms with Gasteiger partial charge >= 0.3 is 6.18 Å². The van der Waals surface area contributed by atoms with Crippen molar-refractivity contribution in [3.8, 4) is 5.75 Å². The largest absolute Gasteiger partial charge is 0.508 e. The second kappa shape index (κ2) is 15.7. The molecule has 2 aromatic rings. The Kier molecular flexibility index (Phi) is 12.3. The van der Waals surface area contributed by atoms with E-state index in [1.54, 1.807) is 12.1 Å². The van der Waals surface area contributed by atoms with Crippen molar-refractivity contribution in [1.29, 1.82) is 0 Å². The van der Waals surface area contributed by atoms with Crippen molar-refractivity contribution >= 4 is 21.0 Å². The van der Waals surface area contributed by atoms with Crippen molar-refractivity contribution in [2.45, 2.75) is 102 Å². The Balaban J connectivity index is 1.26. The highest BCUT2D eigenvalue weighted by Gasteiger charge is 2.28. The van der Waals surface area contributed by atoms with E-state index in [9.17, 15) is 35.5 Å². The number of allylic oxidation sites excluding steroid dienone is 2. The van der Waals surface area contributed by atoms with Crippen LogP contribution in [0.1, 0.15) is 100 Å². The van der Waals surface area contributed by atoms with Crippen LogP contribution in [0.4, 0.5) is 22.0 Å². The Morgan fingerprint density at radius 3 is 2.39 bits per heavy atom. The Hall–Kier alpha value is -2.46. The summed E-state index contributed by atoms with van der Waals surface area (Å²) in [6.45, 7) is 1.91. The summed E-state index contributed by atoms with van der Waals surface area (Å²) in [4.78, 5) is 2.42. The van der Waals surface area contributed by atoms with Gasteiger partial charge in [-0.25, -0.2) is 17.2 Å². The maximum atomic E-state index is 14.9. The molecule has 1 heterocycles. The standard InChI is InChI=1S/C34H44F5NO3S/c35-26-14-16-32(33(36)24-26)31-13-5-9-25-23-28(41)15-17-29(25)30(31)12-3-1-2-4-19-40-20-6-10-27(40)11-7-21-44(42,43)22-8-18-34(37,38)39/h14-17,23-24,27,41H,1-13,18-22H2/t27-/m1/s1. The molecular formula is C34H44F5NO3S. The van der Waals surface area contributed by atoms with Gasteiger partial charge in [0.15, 0.2) is 0 Å². The van der Waals surface area contributed by atoms with Gasteiger partial charge in [0.25, 0.3) is 0 Å². The zero-order chi connectivity index (χ0) is 31.7. The third kappa shape index (κ3) is 10.3. The molecule has 1 fully saturated rings. The summed E-state index contributed by atoms with van der Waals surface area (Å²) in [5, 5.41) is 10.1. The Labute approximate surface area is 258 Å². The normalized spacial score (nSPS) is 18.1. The number of unbranched alkanes of at least 4 members (excludes halogenated alkanes) is 3. The number of hydrogen-bond donors (Lipinski definition) is 1. The fraction of sp³-hybridized carbons (Fsp3) is 0.588. The van der Waals surface area contributed by atoms with Crippen molar-refractivity contribution in [3.63, 3.8) is 0 Å². The molecule has 0 aromatic heterocycles. The number of hydrogen-bond acceptors (Lipinski definition) is 4. The van der Waals surface area contributed by atoms with Crippen molar-refractivity contribution in [2.24, 2.45) is 0 Å². The molecule has 0 saturated carbocycles. The summed E-state index contributed by atoms with van der Waals surface area (Å²) in [6, 6.07) is 9.45. The molecule has 0 bridgehead atoms. The molecule has 44 heavy (non-hydrogen) atoms. The zero-order valence-electron chi connectivity index (χ0n) is 25.3. The molecule has 1 aliphatic heterocycles. The molecule has 2 aliphatic rings.